The molecule has 0 aliphatic rings. The van der Waals surface area contributed by atoms with Crippen molar-refractivity contribution in [2.45, 2.75) is 26.3 Å². The van der Waals surface area contributed by atoms with Gasteiger partial charge in [-0.25, -0.2) is 0 Å². The third kappa shape index (κ3) is 5.10. The van der Waals surface area contributed by atoms with E-state index in [1.165, 1.54) is 0 Å². The molecule has 0 saturated carbocycles. The van der Waals surface area contributed by atoms with E-state index in [0.29, 0.717) is 13.1 Å². The molecule has 158 valence electrons. The summed E-state index contributed by atoms with van der Waals surface area (Å²) in [5.74, 6) is 2.77. The van der Waals surface area contributed by atoms with Crippen molar-refractivity contribution in [3.8, 4) is 0 Å². The number of fused-ring (bicyclic) bond motifs is 2. The van der Waals surface area contributed by atoms with E-state index in [9.17, 15) is 0 Å². The van der Waals surface area contributed by atoms with E-state index in [4.69, 9.17) is 9.41 Å². The largest absolute Gasteiger partial charge is 0.459 e. The molecule has 4 rings (SSSR count). The zero-order valence-corrected chi connectivity index (χ0v) is 19.6. The Labute approximate surface area is 193 Å². The predicted molar refractivity (Wildman–Crippen MR) is 130 cm³/mol. The summed E-state index contributed by atoms with van der Waals surface area (Å²) in [7, 11) is 2.03. The van der Waals surface area contributed by atoms with Crippen molar-refractivity contribution in [1.82, 2.24) is 24.8 Å². The first-order valence-corrected chi connectivity index (χ1v) is 10.00. The number of rotatable bonds is 7. The van der Waals surface area contributed by atoms with E-state index in [0.717, 1.165) is 53.5 Å². The minimum atomic E-state index is 0. The van der Waals surface area contributed by atoms with Crippen LogP contribution in [-0.4, -0.2) is 45.6 Å². The molecule has 0 aliphatic heterocycles. The number of para-hydroxylation sites is 1. The van der Waals surface area contributed by atoms with Gasteiger partial charge in [-0.3, -0.25) is 9.39 Å². The summed E-state index contributed by atoms with van der Waals surface area (Å²) in [5, 5.41) is 13.0. The number of nitrogens with zero attached hydrogens (tertiary/aromatic N) is 5. The Morgan fingerprint density at radius 3 is 2.83 bits per heavy atom. The average molecular weight is 518 g/mol. The summed E-state index contributed by atoms with van der Waals surface area (Å²) in [4.78, 5) is 6.87. The molecule has 0 bridgehead atoms. The van der Waals surface area contributed by atoms with Gasteiger partial charge >= 0.3 is 0 Å². The molecule has 30 heavy (non-hydrogen) atoms. The standard InChI is InChI=1S/C22H26N6O.HI/c1-3-23-22(27(2)16-18-15-17-9-4-5-10-19(17)29-18)24-13-8-12-21-26-25-20-11-6-7-14-28(20)21;/h4-7,9-11,14-15H,3,8,12-13,16H2,1-2H3,(H,23,24);1H. The summed E-state index contributed by atoms with van der Waals surface area (Å²) in [6, 6.07) is 16.1. The van der Waals surface area contributed by atoms with Crippen LogP contribution in [0.4, 0.5) is 0 Å². The van der Waals surface area contributed by atoms with Crippen LogP contribution in [0.15, 0.2) is 64.1 Å². The van der Waals surface area contributed by atoms with Crippen LogP contribution in [0.5, 0.6) is 0 Å². The van der Waals surface area contributed by atoms with Gasteiger partial charge in [0.1, 0.15) is 17.2 Å². The fraction of sp³-hybridized carbons (Fsp3) is 0.318. The van der Waals surface area contributed by atoms with Crippen molar-refractivity contribution in [1.29, 1.82) is 0 Å². The molecule has 0 spiro atoms. The van der Waals surface area contributed by atoms with Crippen molar-refractivity contribution in [2.75, 3.05) is 20.1 Å². The van der Waals surface area contributed by atoms with Gasteiger partial charge in [0.2, 0.25) is 0 Å². The summed E-state index contributed by atoms with van der Waals surface area (Å²) in [5.41, 5.74) is 1.79. The second-order valence-electron chi connectivity index (χ2n) is 6.99. The molecule has 7 nitrogen and oxygen atoms in total. The van der Waals surface area contributed by atoms with Crippen LogP contribution in [0.2, 0.25) is 0 Å². The number of nitrogens with one attached hydrogen (secondary N) is 1. The van der Waals surface area contributed by atoms with Gasteiger partial charge in [0.05, 0.1) is 6.54 Å². The van der Waals surface area contributed by atoms with Crippen LogP contribution in [0, 0.1) is 0 Å². The SMILES string of the molecule is CCNC(=NCCCc1nnc2ccccn12)N(C)Cc1cc2ccccc2o1.I. The number of furan rings is 1. The summed E-state index contributed by atoms with van der Waals surface area (Å²) in [6.07, 6.45) is 3.74. The van der Waals surface area contributed by atoms with Crippen molar-refractivity contribution in [2.24, 2.45) is 4.99 Å². The number of benzene rings is 1. The van der Waals surface area contributed by atoms with Crippen LogP contribution in [0.1, 0.15) is 24.9 Å². The maximum Gasteiger partial charge on any atom is 0.194 e. The first-order chi connectivity index (χ1) is 14.2. The van der Waals surface area contributed by atoms with Gasteiger partial charge in [0, 0.05) is 38.1 Å². The van der Waals surface area contributed by atoms with Crippen LogP contribution in [0.25, 0.3) is 16.6 Å². The highest BCUT2D eigenvalue weighted by molar-refractivity contribution is 14.0. The predicted octanol–water partition coefficient (Wildman–Crippen LogP) is 4.12. The highest BCUT2D eigenvalue weighted by Crippen LogP contribution is 2.19. The molecule has 3 aromatic heterocycles. The summed E-state index contributed by atoms with van der Waals surface area (Å²) < 4.78 is 7.97. The number of aromatic nitrogens is 3. The van der Waals surface area contributed by atoms with E-state index >= 15 is 0 Å². The average Bonchev–Trinajstić information content (AvgIpc) is 3.33. The molecule has 4 aromatic rings. The molecule has 3 heterocycles. The Balaban J connectivity index is 0.00000256. The lowest BCUT2D eigenvalue weighted by atomic mass is 10.2. The fourth-order valence-corrected chi connectivity index (χ4v) is 3.38. The Kier molecular flexibility index (Phi) is 7.67. The number of pyridine rings is 1. The van der Waals surface area contributed by atoms with Crippen molar-refractivity contribution in [3.63, 3.8) is 0 Å². The van der Waals surface area contributed by atoms with Crippen molar-refractivity contribution in [3.05, 3.63) is 66.3 Å². The summed E-state index contributed by atoms with van der Waals surface area (Å²) >= 11 is 0. The van der Waals surface area contributed by atoms with E-state index in [1.807, 2.05) is 54.0 Å². The quantitative estimate of drug-likeness (QED) is 0.173. The van der Waals surface area contributed by atoms with E-state index in [1.54, 1.807) is 0 Å². The monoisotopic (exact) mass is 518 g/mol. The molecule has 0 amide bonds. The molecule has 0 unspecified atom stereocenters. The lowest BCUT2D eigenvalue weighted by molar-refractivity contribution is 0.412. The van der Waals surface area contributed by atoms with Crippen molar-refractivity contribution < 1.29 is 4.42 Å². The number of aryl methyl sites for hydroxylation is 1. The van der Waals surface area contributed by atoms with Gasteiger partial charge in [0.25, 0.3) is 0 Å². The molecule has 0 saturated heterocycles. The Morgan fingerprint density at radius 1 is 1.17 bits per heavy atom. The summed E-state index contributed by atoms with van der Waals surface area (Å²) in [6.45, 7) is 4.27. The normalized spacial score (nSPS) is 11.6. The molecule has 0 aliphatic carbocycles. The number of hydrogen-bond acceptors (Lipinski definition) is 4. The first kappa shape index (κ1) is 22.1. The molecular weight excluding hydrogens is 491 g/mol. The van der Waals surface area contributed by atoms with Gasteiger partial charge in [-0.15, -0.1) is 34.2 Å². The van der Waals surface area contributed by atoms with Crippen LogP contribution >= 0.6 is 24.0 Å². The highest BCUT2D eigenvalue weighted by atomic mass is 127. The van der Waals surface area contributed by atoms with E-state index < -0.39 is 0 Å². The zero-order chi connectivity index (χ0) is 20.1. The molecule has 0 fully saturated rings. The Morgan fingerprint density at radius 2 is 2.00 bits per heavy atom. The number of hydrogen-bond donors (Lipinski definition) is 1. The molecular formula is C22H27IN6O. The maximum atomic E-state index is 5.94. The van der Waals surface area contributed by atoms with Crippen LogP contribution < -0.4 is 5.32 Å². The molecule has 1 aromatic carbocycles. The lowest BCUT2D eigenvalue weighted by Crippen LogP contribution is -2.38. The van der Waals surface area contributed by atoms with Gasteiger partial charge in [-0.05, 0) is 37.6 Å². The van der Waals surface area contributed by atoms with Gasteiger partial charge in [-0.1, -0.05) is 24.3 Å². The van der Waals surface area contributed by atoms with Gasteiger partial charge < -0.3 is 14.6 Å². The third-order valence-electron chi connectivity index (χ3n) is 4.77. The highest BCUT2D eigenvalue weighted by Gasteiger charge is 2.10. The fourth-order valence-electron chi connectivity index (χ4n) is 3.38. The topological polar surface area (TPSA) is 71.0 Å². The Bertz CT molecular complexity index is 1090. The second kappa shape index (κ2) is 10.4. The van der Waals surface area contributed by atoms with Crippen LogP contribution in [0.3, 0.4) is 0 Å². The molecule has 1 N–H and O–H groups in total. The van der Waals surface area contributed by atoms with Crippen LogP contribution in [-0.2, 0) is 13.0 Å². The Hall–Kier alpha value is -2.62. The minimum absolute atomic E-state index is 0. The molecule has 8 heteroatoms. The minimum Gasteiger partial charge on any atom is -0.459 e. The number of halogens is 1. The second-order valence-corrected chi connectivity index (χ2v) is 6.99. The number of guanidine groups is 1. The van der Waals surface area contributed by atoms with Gasteiger partial charge in [-0.2, -0.15) is 0 Å². The first-order valence-electron chi connectivity index (χ1n) is 10.00. The van der Waals surface area contributed by atoms with Gasteiger partial charge in [0.15, 0.2) is 11.6 Å². The maximum absolute atomic E-state index is 5.94. The zero-order valence-electron chi connectivity index (χ0n) is 17.3. The third-order valence-corrected chi connectivity index (χ3v) is 4.77. The molecule has 0 atom stereocenters. The van der Waals surface area contributed by atoms with E-state index in [2.05, 4.69) is 39.5 Å². The smallest absolute Gasteiger partial charge is 0.194 e. The number of aliphatic imine (C=N–C) groups is 1. The van der Waals surface area contributed by atoms with Crippen molar-refractivity contribution >= 4 is 46.6 Å². The van der Waals surface area contributed by atoms with E-state index in [-0.39, 0.29) is 24.0 Å². The lowest BCUT2D eigenvalue weighted by Gasteiger charge is -2.20. The molecule has 0 radical (unpaired) electrons.